The van der Waals surface area contributed by atoms with Crippen molar-refractivity contribution in [2.24, 2.45) is 0 Å². The Balaban J connectivity index is 1.70. The molecule has 1 N–H and O–H groups in total. The number of benzene rings is 1. The summed E-state index contributed by atoms with van der Waals surface area (Å²) in [6.07, 6.45) is 1.89. The molecule has 1 amide bonds. The fourth-order valence-electron chi connectivity index (χ4n) is 2.31. The second-order valence-electron chi connectivity index (χ2n) is 5.72. The second-order valence-corrected chi connectivity index (χ2v) is 6.16. The quantitative estimate of drug-likeness (QED) is 0.639. The number of carbonyl (C=O) groups excluding carboxylic acids is 2. The van der Waals surface area contributed by atoms with Crippen LogP contribution >= 0.6 is 11.6 Å². The summed E-state index contributed by atoms with van der Waals surface area (Å²) in [4.78, 5) is 28.7. The van der Waals surface area contributed by atoms with Gasteiger partial charge in [-0.25, -0.2) is 14.5 Å². The lowest BCUT2D eigenvalue weighted by Gasteiger charge is -2.12. The highest BCUT2D eigenvalue weighted by molar-refractivity contribution is 6.30. The zero-order valence-corrected chi connectivity index (χ0v) is 15.9. The van der Waals surface area contributed by atoms with E-state index < -0.39 is 18.0 Å². The Morgan fingerprint density at radius 2 is 1.93 bits per heavy atom. The number of carbonyl (C=O) groups is 2. The first-order valence-electron chi connectivity index (χ1n) is 8.30. The summed E-state index contributed by atoms with van der Waals surface area (Å²) in [5.74, 6) is -0.785. The molecule has 0 saturated carbocycles. The van der Waals surface area contributed by atoms with Crippen LogP contribution < -0.4 is 10.1 Å². The highest BCUT2D eigenvalue weighted by atomic mass is 35.5. The topological polar surface area (TPSA) is 95.3 Å². The van der Waals surface area contributed by atoms with Crippen LogP contribution in [0.1, 0.15) is 17.4 Å². The predicted molar refractivity (Wildman–Crippen MR) is 103 cm³/mol. The standard InChI is InChI=1S/C19H17ClN4O4/c1-12(18(25)22-16-9-8-13(20)10-21-16)28-19(26)17-15(27-2)11-24(23-17)14-6-4-3-5-7-14/h3-12H,1-2H3,(H,21,22,25)/t12-/m0/s1. The molecule has 0 fully saturated rings. The van der Waals surface area contributed by atoms with Gasteiger partial charge in [0.1, 0.15) is 5.82 Å². The van der Waals surface area contributed by atoms with E-state index in [2.05, 4.69) is 15.4 Å². The molecule has 2 aromatic heterocycles. The fourth-order valence-corrected chi connectivity index (χ4v) is 2.42. The number of pyridine rings is 1. The van der Waals surface area contributed by atoms with Gasteiger partial charge in [0.15, 0.2) is 11.9 Å². The SMILES string of the molecule is COc1cn(-c2ccccc2)nc1C(=O)O[C@@H](C)C(=O)Nc1ccc(Cl)cn1. The van der Waals surface area contributed by atoms with Crippen molar-refractivity contribution in [3.63, 3.8) is 0 Å². The molecule has 0 unspecified atom stereocenters. The second kappa shape index (κ2) is 8.53. The molecule has 28 heavy (non-hydrogen) atoms. The van der Waals surface area contributed by atoms with Crippen molar-refractivity contribution in [3.8, 4) is 11.4 Å². The number of aromatic nitrogens is 3. The van der Waals surface area contributed by atoms with E-state index in [1.165, 1.54) is 24.9 Å². The minimum atomic E-state index is -1.07. The molecule has 2 heterocycles. The molecule has 0 aliphatic carbocycles. The molecule has 0 aliphatic heterocycles. The molecule has 0 aliphatic rings. The Morgan fingerprint density at radius 3 is 2.57 bits per heavy atom. The first-order chi connectivity index (χ1) is 13.5. The van der Waals surface area contributed by atoms with E-state index >= 15 is 0 Å². The van der Waals surface area contributed by atoms with Gasteiger partial charge in [-0.1, -0.05) is 29.8 Å². The zero-order chi connectivity index (χ0) is 20.1. The molecule has 0 radical (unpaired) electrons. The number of rotatable bonds is 6. The van der Waals surface area contributed by atoms with E-state index in [0.717, 1.165) is 5.69 Å². The monoisotopic (exact) mass is 400 g/mol. The number of hydrogen-bond donors (Lipinski definition) is 1. The van der Waals surface area contributed by atoms with Crippen molar-refractivity contribution in [1.29, 1.82) is 0 Å². The molecular weight excluding hydrogens is 384 g/mol. The number of para-hydroxylation sites is 1. The molecule has 0 saturated heterocycles. The predicted octanol–water partition coefficient (Wildman–Crippen LogP) is 3.11. The first kappa shape index (κ1) is 19.4. The van der Waals surface area contributed by atoms with Crippen LogP contribution in [-0.2, 0) is 9.53 Å². The lowest BCUT2D eigenvalue weighted by Crippen LogP contribution is -2.30. The van der Waals surface area contributed by atoms with Crippen LogP contribution in [-0.4, -0.2) is 39.9 Å². The molecule has 9 heteroatoms. The number of nitrogens with one attached hydrogen (secondary N) is 1. The number of halogens is 1. The maximum Gasteiger partial charge on any atom is 0.363 e. The Labute approximate surface area is 166 Å². The van der Waals surface area contributed by atoms with Gasteiger partial charge in [0.2, 0.25) is 5.69 Å². The summed E-state index contributed by atoms with van der Waals surface area (Å²) in [6, 6.07) is 12.3. The third kappa shape index (κ3) is 4.47. The van der Waals surface area contributed by atoms with Gasteiger partial charge in [-0.3, -0.25) is 4.79 Å². The molecule has 144 valence electrons. The number of anilines is 1. The highest BCUT2D eigenvalue weighted by Gasteiger charge is 2.25. The number of esters is 1. The Morgan fingerprint density at radius 1 is 1.18 bits per heavy atom. The van der Waals surface area contributed by atoms with Crippen LogP contribution in [0, 0.1) is 0 Å². The van der Waals surface area contributed by atoms with Gasteiger partial charge in [0, 0.05) is 6.20 Å². The summed E-state index contributed by atoms with van der Waals surface area (Å²) >= 11 is 5.76. The maximum absolute atomic E-state index is 12.5. The average Bonchev–Trinajstić information content (AvgIpc) is 3.15. The van der Waals surface area contributed by atoms with E-state index in [4.69, 9.17) is 21.1 Å². The lowest BCUT2D eigenvalue weighted by molar-refractivity contribution is -0.123. The van der Waals surface area contributed by atoms with Gasteiger partial charge in [-0.15, -0.1) is 0 Å². The molecule has 1 atom stereocenters. The smallest absolute Gasteiger partial charge is 0.363 e. The molecule has 0 spiro atoms. The molecule has 3 rings (SSSR count). The third-order valence-corrected chi connectivity index (χ3v) is 3.97. The summed E-state index contributed by atoms with van der Waals surface area (Å²) < 4.78 is 11.9. The van der Waals surface area contributed by atoms with Crippen molar-refractivity contribution < 1.29 is 19.1 Å². The van der Waals surface area contributed by atoms with Crippen LogP contribution in [0.2, 0.25) is 5.02 Å². The number of nitrogens with zero attached hydrogens (tertiary/aromatic N) is 3. The first-order valence-corrected chi connectivity index (χ1v) is 8.68. The number of amides is 1. The summed E-state index contributed by atoms with van der Waals surface area (Å²) in [5, 5.41) is 7.20. The van der Waals surface area contributed by atoms with E-state index in [-0.39, 0.29) is 11.4 Å². The van der Waals surface area contributed by atoms with Gasteiger partial charge in [0.25, 0.3) is 5.91 Å². The summed E-state index contributed by atoms with van der Waals surface area (Å²) in [6.45, 7) is 1.45. The van der Waals surface area contributed by atoms with Crippen molar-refractivity contribution in [2.75, 3.05) is 12.4 Å². The molecule has 1 aromatic carbocycles. The van der Waals surface area contributed by atoms with Crippen LogP contribution in [0.5, 0.6) is 5.75 Å². The minimum absolute atomic E-state index is 0.0318. The Kier molecular flexibility index (Phi) is 5.90. The van der Waals surface area contributed by atoms with Gasteiger partial charge >= 0.3 is 5.97 Å². The van der Waals surface area contributed by atoms with Crippen molar-refractivity contribution in [3.05, 3.63) is 65.6 Å². The lowest BCUT2D eigenvalue weighted by atomic mass is 10.3. The van der Waals surface area contributed by atoms with Crippen LogP contribution in [0.3, 0.4) is 0 Å². The number of methoxy groups -OCH3 is 1. The summed E-state index contributed by atoms with van der Waals surface area (Å²) in [7, 11) is 1.42. The van der Waals surface area contributed by atoms with E-state index in [0.29, 0.717) is 10.8 Å². The highest BCUT2D eigenvalue weighted by Crippen LogP contribution is 2.21. The van der Waals surface area contributed by atoms with Gasteiger partial charge in [-0.05, 0) is 31.2 Å². The molecular formula is C19H17ClN4O4. The van der Waals surface area contributed by atoms with Crippen LogP contribution in [0.4, 0.5) is 5.82 Å². The number of hydrogen-bond acceptors (Lipinski definition) is 6. The molecule has 3 aromatic rings. The Hall–Kier alpha value is -3.39. The van der Waals surface area contributed by atoms with Gasteiger partial charge < -0.3 is 14.8 Å². The maximum atomic E-state index is 12.5. The average molecular weight is 401 g/mol. The normalized spacial score (nSPS) is 11.5. The Bertz CT molecular complexity index is 973. The third-order valence-electron chi connectivity index (χ3n) is 3.75. The van der Waals surface area contributed by atoms with E-state index in [1.54, 1.807) is 18.3 Å². The van der Waals surface area contributed by atoms with Crippen LogP contribution in [0.15, 0.2) is 54.9 Å². The van der Waals surface area contributed by atoms with E-state index in [1.807, 2.05) is 30.3 Å². The number of ether oxygens (including phenoxy) is 2. The van der Waals surface area contributed by atoms with Crippen molar-refractivity contribution >= 4 is 29.3 Å². The summed E-state index contributed by atoms with van der Waals surface area (Å²) in [5.41, 5.74) is 0.718. The largest absolute Gasteiger partial charge is 0.493 e. The minimum Gasteiger partial charge on any atom is -0.493 e. The van der Waals surface area contributed by atoms with Gasteiger partial charge in [-0.2, -0.15) is 5.10 Å². The van der Waals surface area contributed by atoms with Crippen molar-refractivity contribution in [1.82, 2.24) is 14.8 Å². The zero-order valence-electron chi connectivity index (χ0n) is 15.1. The van der Waals surface area contributed by atoms with Gasteiger partial charge in [0.05, 0.1) is 24.0 Å². The molecule has 8 nitrogen and oxygen atoms in total. The van der Waals surface area contributed by atoms with Crippen molar-refractivity contribution in [2.45, 2.75) is 13.0 Å². The fraction of sp³-hybridized carbons (Fsp3) is 0.158. The van der Waals surface area contributed by atoms with Crippen LogP contribution in [0.25, 0.3) is 5.69 Å². The van der Waals surface area contributed by atoms with E-state index in [9.17, 15) is 9.59 Å². The molecule has 0 bridgehead atoms.